The van der Waals surface area contributed by atoms with Gasteiger partial charge in [-0.3, -0.25) is 0 Å². The van der Waals surface area contributed by atoms with Gasteiger partial charge in [-0.15, -0.1) is 0 Å². The minimum absolute atomic E-state index is 0.443. The molecule has 0 amide bonds. The quantitative estimate of drug-likeness (QED) is 0.185. The lowest BCUT2D eigenvalue weighted by Gasteiger charge is -2.30. The maximum Gasteiger partial charge on any atom is 0.161 e. The van der Waals surface area contributed by atoms with Crippen LogP contribution < -0.4 is 0 Å². The lowest BCUT2D eigenvalue weighted by Crippen LogP contribution is -2.25. The second-order valence-electron chi connectivity index (χ2n) is 14.0. The van der Waals surface area contributed by atoms with Crippen molar-refractivity contribution in [2.24, 2.45) is 0 Å². The minimum Gasteiger partial charge on any atom is -0.456 e. The van der Waals surface area contributed by atoms with Crippen LogP contribution in [0.4, 0.5) is 0 Å². The fourth-order valence-corrected chi connectivity index (χ4v) is 9.48. The molecule has 3 heteroatoms. The summed E-state index contributed by atoms with van der Waals surface area (Å²) in [5.74, 6) is 0.705. The predicted molar refractivity (Wildman–Crippen MR) is 211 cm³/mol. The fraction of sp³-hybridized carbons (Fsp3) is 0.0204. The van der Waals surface area contributed by atoms with Gasteiger partial charge < -0.3 is 4.42 Å². The van der Waals surface area contributed by atoms with Gasteiger partial charge in [0.15, 0.2) is 5.82 Å². The molecule has 0 aliphatic heterocycles. The van der Waals surface area contributed by atoms with E-state index in [4.69, 9.17) is 14.4 Å². The van der Waals surface area contributed by atoms with E-state index in [9.17, 15) is 0 Å². The summed E-state index contributed by atoms with van der Waals surface area (Å²) in [7, 11) is 0. The van der Waals surface area contributed by atoms with Gasteiger partial charge in [-0.05, 0) is 73.5 Å². The zero-order valence-electron chi connectivity index (χ0n) is 28.0. The van der Waals surface area contributed by atoms with Crippen molar-refractivity contribution in [1.82, 2.24) is 9.97 Å². The van der Waals surface area contributed by atoms with E-state index in [1.165, 1.54) is 49.9 Å². The summed E-state index contributed by atoms with van der Waals surface area (Å²) in [6.07, 6.45) is 0. The summed E-state index contributed by atoms with van der Waals surface area (Å²) in [4.78, 5) is 11.1. The smallest absolute Gasteiger partial charge is 0.161 e. The molecule has 0 atom stereocenters. The second-order valence-corrected chi connectivity index (χ2v) is 14.0. The van der Waals surface area contributed by atoms with E-state index in [2.05, 4.69) is 170 Å². The van der Waals surface area contributed by atoms with Gasteiger partial charge in [-0.25, -0.2) is 9.97 Å². The van der Waals surface area contributed by atoms with Gasteiger partial charge in [0.1, 0.15) is 11.2 Å². The molecule has 12 rings (SSSR count). The van der Waals surface area contributed by atoms with Gasteiger partial charge in [-0.1, -0.05) is 152 Å². The molecule has 2 aliphatic rings. The topological polar surface area (TPSA) is 38.9 Å². The molecule has 0 saturated carbocycles. The average molecular weight is 661 g/mol. The number of hydrogen-bond donors (Lipinski definition) is 0. The first-order valence-electron chi connectivity index (χ1n) is 17.8. The zero-order valence-corrected chi connectivity index (χ0v) is 28.0. The third-order valence-corrected chi connectivity index (χ3v) is 11.5. The Labute approximate surface area is 299 Å². The first kappa shape index (κ1) is 27.9. The largest absolute Gasteiger partial charge is 0.456 e. The maximum absolute atomic E-state index is 6.55. The van der Waals surface area contributed by atoms with Gasteiger partial charge in [0.05, 0.1) is 22.0 Å². The average Bonchev–Trinajstić information content (AvgIpc) is 3.85. The molecule has 1 spiro atoms. The van der Waals surface area contributed by atoms with Crippen LogP contribution in [0.2, 0.25) is 0 Å². The number of fused-ring (bicyclic) bond motifs is 17. The van der Waals surface area contributed by atoms with Gasteiger partial charge in [0.2, 0.25) is 0 Å². The summed E-state index contributed by atoms with van der Waals surface area (Å²) in [6, 6.07) is 61.0. The Morgan fingerprint density at radius 1 is 0.404 bits per heavy atom. The van der Waals surface area contributed by atoms with E-state index in [1.54, 1.807) is 0 Å². The van der Waals surface area contributed by atoms with E-state index in [1.807, 2.05) is 0 Å². The molecule has 52 heavy (non-hydrogen) atoms. The van der Waals surface area contributed by atoms with Crippen LogP contribution in [-0.2, 0) is 5.41 Å². The van der Waals surface area contributed by atoms with Crippen LogP contribution in [0.3, 0.4) is 0 Å². The van der Waals surface area contributed by atoms with E-state index in [-0.39, 0.29) is 0 Å². The first-order chi connectivity index (χ1) is 25.8. The SMILES string of the molecule is c1ccc(-c2nc(-c3cccc4c3-c3ccccc3C43c4ccccc4-c4ccccc43)nc3c2ccc2oc4ccc5ccccc5c4c23)cc1. The highest BCUT2D eigenvalue weighted by molar-refractivity contribution is 6.26. The summed E-state index contributed by atoms with van der Waals surface area (Å²) >= 11 is 0. The van der Waals surface area contributed by atoms with Crippen molar-refractivity contribution in [3.63, 3.8) is 0 Å². The highest BCUT2D eigenvalue weighted by atomic mass is 16.3. The molecule has 0 radical (unpaired) electrons. The second kappa shape index (κ2) is 10.1. The molecule has 2 aromatic heterocycles. The Morgan fingerprint density at radius 2 is 1.00 bits per heavy atom. The van der Waals surface area contributed by atoms with Gasteiger partial charge in [-0.2, -0.15) is 0 Å². The summed E-state index contributed by atoms with van der Waals surface area (Å²) < 4.78 is 6.55. The molecule has 0 unspecified atom stereocenters. The Bertz CT molecular complexity index is 3090. The number of nitrogens with zero attached hydrogens (tertiary/aromatic N) is 2. The monoisotopic (exact) mass is 660 g/mol. The molecule has 3 nitrogen and oxygen atoms in total. The highest BCUT2D eigenvalue weighted by Crippen LogP contribution is 2.63. The lowest BCUT2D eigenvalue weighted by atomic mass is 9.70. The predicted octanol–water partition coefficient (Wildman–Crippen LogP) is 12.4. The number of aromatic nitrogens is 2. The van der Waals surface area contributed by atoms with Crippen LogP contribution in [0, 0.1) is 0 Å². The van der Waals surface area contributed by atoms with Crippen LogP contribution in [0.25, 0.3) is 88.5 Å². The Kier molecular flexibility index (Phi) is 5.43. The number of furan rings is 1. The van der Waals surface area contributed by atoms with Crippen molar-refractivity contribution in [3.8, 4) is 44.9 Å². The molecule has 2 aliphatic carbocycles. The molecule has 0 bridgehead atoms. The van der Waals surface area contributed by atoms with E-state index >= 15 is 0 Å². The molecule has 2 heterocycles. The van der Waals surface area contributed by atoms with Crippen LogP contribution in [0.1, 0.15) is 22.3 Å². The van der Waals surface area contributed by atoms with E-state index in [0.29, 0.717) is 5.82 Å². The highest BCUT2D eigenvalue weighted by Gasteiger charge is 2.52. The molecular formula is C49H28N2O. The van der Waals surface area contributed by atoms with Gasteiger partial charge in [0.25, 0.3) is 0 Å². The summed E-state index contributed by atoms with van der Waals surface area (Å²) in [5.41, 5.74) is 15.3. The third-order valence-electron chi connectivity index (χ3n) is 11.5. The molecular weight excluding hydrogens is 633 g/mol. The van der Waals surface area contributed by atoms with Crippen LogP contribution >= 0.6 is 0 Å². The van der Waals surface area contributed by atoms with Crippen molar-refractivity contribution in [3.05, 3.63) is 192 Å². The third kappa shape index (κ3) is 3.45. The van der Waals surface area contributed by atoms with Crippen molar-refractivity contribution >= 4 is 43.6 Å². The van der Waals surface area contributed by atoms with Crippen molar-refractivity contribution in [2.45, 2.75) is 5.41 Å². The number of rotatable bonds is 2. The van der Waals surface area contributed by atoms with Gasteiger partial charge >= 0.3 is 0 Å². The maximum atomic E-state index is 6.55. The zero-order chi connectivity index (χ0) is 34.0. The Balaban J connectivity index is 1.23. The van der Waals surface area contributed by atoms with Crippen molar-refractivity contribution in [2.75, 3.05) is 0 Å². The normalized spacial score (nSPS) is 13.5. The van der Waals surface area contributed by atoms with Crippen molar-refractivity contribution < 1.29 is 4.42 Å². The van der Waals surface area contributed by atoms with Crippen LogP contribution in [-0.4, -0.2) is 9.97 Å². The molecule has 0 N–H and O–H groups in total. The van der Waals surface area contributed by atoms with Gasteiger partial charge in [0, 0.05) is 21.9 Å². The lowest BCUT2D eigenvalue weighted by molar-refractivity contribution is 0.669. The Hall–Kier alpha value is -6.84. The molecule has 240 valence electrons. The molecule has 0 fully saturated rings. The van der Waals surface area contributed by atoms with Crippen LogP contribution in [0.15, 0.2) is 174 Å². The van der Waals surface area contributed by atoms with Crippen molar-refractivity contribution in [1.29, 1.82) is 0 Å². The molecule has 0 saturated heterocycles. The van der Waals surface area contributed by atoms with E-state index < -0.39 is 5.41 Å². The van der Waals surface area contributed by atoms with Crippen LogP contribution in [0.5, 0.6) is 0 Å². The number of benzene rings is 8. The molecule has 10 aromatic rings. The summed E-state index contributed by atoms with van der Waals surface area (Å²) in [5, 5.41) is 5.44. The minimum atomic E-state index is -0.443. The molecule has 8 aromatic carbocycles. The van der Waals surface area contributed by atoms with E-state index in [0.717, 1.165) is 55.0 Å². The standard InChI is InChI=1S/C49H28N2O/c1-2-14-30(15-3-1)46-36-26-28-42-45(44-31-16-5-4-13-29(31)25-27-41(44)52-42)47(36)51-48(50-46)35-20-12-24-40-43(35)34-19-8-11-23-39(34)49(40)37-21-9-6-17-32(37)33-18-7-10-22-38(33)49/h1-28H. The fourth-order valence-electron chi connectivity index (χ4n) is 9.48. The first-order valence-corrected chi connectivity index (χ1v) is 17.8. The Morgan fingerprint density at radius 3 is 1.79 bits per heavy atom. The number of hydrogen-bond acceptors (Lipinski definition) is 3. The summed E-state index contributed by atoms with van der Waals surface area (Å²) in [6.45, 7) is 0.